The smallest absolute Gasteiger partial charge is 0.254 e. The van der Waals surface area contributed by atoms with Crippen molar-refractivity contribution in [3.8, 4) is 5.75 Å². The van der Waals surface area contributed by atoms with E-state index in [1.54, 1.807) is 0 Å². The molecule has 4 nitrogen and oxygen atoms in total. The van der Waals surface area contributed by atoms with Gasteiger partial charge in [0.25, 0.3) is 5.91 Å². The van der Waals surface area contributed by atoms with Gasteiger partial charge >= 0.3 is 0 Å². The molecule has 4 rings (SSSR count). The van der Waals surface area contributed by atoms with E-state index in [0.717, 1.165) is 42.3 Å². The van der Waals surface area contributed by atoms with Crippen LogP contribution in [0.2, 0.25) is 5.02 Å². The van der Waals surface area contributed by atoms with Crippen LogP contribution in [-0.4, -0.2) is 48.5 Å². The largest absolute Gasteiger partial charge is 0.494 e. The summed E-state index contributed by atoms with van der Waals surface area (Å²) in [5.74, 6) is 0.874. The molecule has 2 aromatic rings. The number of ether oxygens (including phenoxy) is 1. The van der Waals surface area contributed by atoms with Crippen molar-refractivity contribution >= 4 is 17.5 Å². The Kier molecular flexibility index (Phi) is 6.73. The van der Waals surface area contributed by atoms with Crippen molar-refractivity contribution in [2.45, 2.75) is 38.6 Å². The SMILES string of the molecule is O=C(c1ccc(OCCCN2CCCCC2)cc1)N1CCc2cccc(Cl)c2C1. The first-order valence-corrected chi connectivity index (χ1v) is 11.1. The molecule has 1 saturated heterocycles. The molecule has 2 aliphatic rings. The lowest BCUT2D eigenvalue weighted by molar-refractivity contribution is 0.0735. The van der Waals surface area contributed by atoms with Crippen LogP contribution in [0, 0.1) is 0 Å². The lowest BCUT2D eigenvalue weighted by Gasteiger charge is -2.29. The highest BCUT2D eigenvalue weighted by molar-refractivity contribution is 6.31. The molecular weight excluding hydrogens is 384 g/mol. The van der Waals surface area contributed by atoms with E-state index in [9.17, 15) is 4.79 Å². The Balaban J connectivity index is 1.27. The van der Waals surface area contributed by atoms with Crippen LogP contribution in [0.1, 0.15) is 47.2 Å². The van der Waals surface area contributed by atoms with Crippen molar-refractivity contribution in [1.82, 2.24) is 9.80 Å². The number of piperidine rings is 1. The quantitative estimate of drug-likeness (QED) is 0.639. The van der Waals surface area contributed by atoms with Gasteiger partial charge in [-0.2, -0.15) is 0 Å². The van der Waals surface area contributed by atoms with Crippen LogP contribution in [0.3, 0.4) is 0 Å². The van der Waals surface area contributed by atoms with Gasteiger partial charge in [0.15, 0.2) is 0 Å². The maximum atomic E-state index is 12.9. The van der Waals surface area contributed by atoms with Gasteiger partial charge in [-0.3, -0.25) is 4.79 Å². The highest BCUT2D eigenvalue weighted by Gasteiger charge is 2.23. The first kappa shape index (κ1) is 20.2. The fourth-order valence-corrected chi connectivity index (χ4v) is 4.50. The topological polar surface area (TPSA) is 32.8 Å². The van der Waals surface area contributed by atoms with Crippen LogP contribution in [-0.2, 0) is 13.0 Å². The zero-order chi connectivity index (χ0) is 20.1. The molecule has 0 N–H and O–H groups in total. The van der Waals surface area contributed by atoms with Crippen LogP contribution in [0.5, 0.6) is 5.75 Å². The number of rotatable bonds is 6. The average Bonchev–Trinajstić information content (AvgIpc) is 2.77. The molecule has 0 radical (unpaired) electrons. The molecule has 5 heteroatoms. The highest BCUT2D eigenvalue weighted by atomic mass is 35.5. The van der Waals surface area contributed by atoms with E-state index in [1.807, 2.05) is 41.3 Å². The van der Waals surface area contributed by atoms with E-state index in [-0.39, 0.29) is 5.91 Å². The lowest BCUT2D eigenvalue weighted by atomic mass is 9.99. The van der Waals surface area contributed by atoms with E-state index in [0.29, 0.717) is 18.7 Å². The zero-order valence-electron chi connectivity index (χ0n) is 16.9. The molecule has 0 bridgehead atoms. The average molecular weight is 413 g/mol. The summed E-state index contributed by atoms with van der Waals surface area (Å²) in [4.78, 5) is 17.3. The minimum Gasteiger partial charge on any atom is -0.494 e. The van der Waals surface area contributed by atoms with Crippen molar-refractivity contribution in [2.24, 2.45) is 0 Å². The van der Waals surface area contributed by atoms with Crippen LogP contribution in [0.25, 0.3) is 0 Å². The molecule has 0 aliphatic carbocycles. The summed E-state index contributed by atoms with van der Waals surface area (Å²) in [6, 6.07) is 13.5. The number of carbonyl (C=O) groups is 1. The van der Waals surface area contributed by atoms with Crippen molar-refractivity contribution in [1.29, 1.82) is 0 Å². The van der Waals surface area contributed by atoms with E-state index in [4.69, 9.17) is 16.3 Å². The number of hydrogen-bond acceptors (Lipinski definition) is 3. The summed E-state index contributed by atoms with van der Waals surface area (Å²) in [5.41, 5.74) is 3.01. The molecule has 0 saturated carbocycles. The number of hydrogen-bond donors (Lipinski definition) is 0. The Morgan fingerprint density at radius 2 is 1.79 bits per heavy atom. The normalized spacial score (nSPS) is 17.1. The molecule has 2 heterocycles. The third-order valence-electron chi connectivity index (χ3n) is 5.94. The molecule has 0 atom stereocenters. The van der Waals surface area contributed by atoms with E-state index in [1.165, 1.54) is 37.9 Å². The van der Waals surface area contributed by atoms with Gasteiger partial charge in [-0.1, -0.05) is 30.2 Å². The minimum absolute atomic E-state index is 0.0484. The number of nitrogens with zero attached hydrogens (tertiary/aromatic N) is 2. The number of carbonyl (C=O) groups excluding carboxylic acids is 1. The molecule has 1 fully saturated rings. The number of benzene rings is 2. The number of likely N-dealkylation sites (tertiary alicyclic amines) is 1. The zero-order valence-corrected chi connectivity index (χ0v) is 17.7. The molecule has 0 spiro atoms. The summed E-state index contributed by atoms with van der Waals surface area (Å²) in [5, 5.41) is 0.744. The van der Waals surface area contributed by atoms with Gasteiger partial charge < -0.3 is 14.5 Å². The summed E-state index contributed by atoms with van der Waals surface area (Å²) in [7, 11) is 0. The first-order chi connectivity index (χ1) is 14.2. The number of amides is 1. The monoisotopic (exact) mass is 412 g/mol. The molecule has 2 aliphatic heterocycles. The fraction of sp³-hybridized carbons (Fsp3) is 0.458. The third kappa shape index (κ3) is 5.12. The number of fused-ring (bicyclic) bond motifs is 1. The maximum Gasteiger partial charge on any atom is 0.254 e. The Bertz CT molecular complexity index is 831. The van der Waals surface area contributed by atoms with Gasteiger partial charge in [-0.15, -0.1) is 0 Å². The Labute approximate surface area is 178 Å². The van der Waals surface area contributed by atoms with Gasteiger partial charge in [0.1, 0.15) is 5.75 Å². The third-order valence-corrected chi connectivity index (χ3v) is 6.29. The van der Waals surface area contributed by atoms with Crippen LogP contribution >= 0.6 is 11.6 Å². The lowest BCUT2D eigenvalue weighted by Crippen LogP contribution is -2.36. The Hall–Kier alpha value is -2.04. The molecule has 1 amide bonds. The van der Waals surface area contributed by atoms with Crippen molar-refractivity contribution < 1.29 is 9.53 Å². The summed E-state index contributed by atoms with van der Waals surface area (Å²) < 4.78 is 5.87. The Morgan fingerprint density at radius 1 is 1.00 bits per heavy atom. The van der Waals surface area contributed by atoms with Crippen molar-refractivity contribution in [3.05, 3.63) is 64.2 Å². The predicted molar refractivity (Wildman–Crippen MR) is 117 cm³/mol. The summed E-state index contributed by atoms with van der Waals surface area (Å²) in [6.07, 6.45) is 5.90. The maximum absolute atomic E-state index is 12.9. The standard InChI is InChI=1S/C24H29ClN2O2/c25-23-7-4-6-19-12-16-27(18-22(19)23)24(28)20-8-10-21(11-9-20)29-17-5-15-26-13-2-1-3-14-26/h4,6-11H,1-3,5,12-18H2. The highest BCUT2D eigenvalue weighted by Crippen LogP contribution is 2.27. The molecule has 0 unspecified atom stereocenters. The van der Waals surface area contributed by atoms with Crippen molar-refractivity contribution in [3.63, 3.8) is 0 Å². The van der Waals surface area contributed by atoms with Gasteiger partial charge in [0, 0.05) is 30.2 Å². The molecule has 29 heavy (non-hydrogen) atoms. The summed E-state index contributed by atoms with van der Waals surface area (Å²) in [6.45, 7) is 5.57. The predicted octanol–water partition coefficient (Wildman–Crippen LogP) is 4.79. The van der Waals surface area contributed by atoms with Crippen LogP contribution in [0.4, 0.5) is 0 Å². The van der Waals surface area contributed by atoms with Gasteiger partial charge in [-0.25, -0.2) is 0 Å². The van der Waals surface area contributed by atoms with Crippen molar-refractivity contribution in [2.75, 3.05) is 32.8 Å². The molecule has 154 valence electrons. The minimum atomic E-state index is 0.0484. The fourth-order valence-electron chi connectivity index (χ4n) is 4.25. The summed E-state index contributed by atoms with van der Waals surface area (Å²) >= 11 is 6.33. The van der Waals surface area contributed by atoms with Crippen LogP contribution in [0.15, 0.2) is 42.5 Å². The van der Waals surface area contributed by atoms with Crippen LogP contribution < -0.4 is 4.74 Å². The second-order valence-corrected chi connectivity index (χ2v) is 8.39. The molecule has 2 aromatic carbocycles. The second-order valence-electron chi connectivity index (χ2n) is 7.98. The molecule has 0 aromatic heterocycles. The Morgan fingerprint density at radius 3 is 2.59 bits per heavy atom. The van der Waals surface area contributed by atoms with E-state index < -0.39 is 0 Å². The number of halogens is 1. The van der Waals surface area contributed by atoms with E-state index in [2.05, 4.69) is 11.0 Å². The van der Waals surface area contributed by atoms with Gasteiger partial charge in [-0.05, 0) is 80.2 Å². The van der Waals surface area contributed by atoms with Gasteiger partial charge in [0.2, 0.25) is 0 Å². The second kappa shape index (κ2) is 9.64. The molecular formula is C24H29ClN2O2. The van der Waals surface area contributed by atoms with E-state index >= 15 is 0 Å². The first-order valence-electron chi connectivity index (χ1n) is 10.7. The van der Waals surface area contributed by atoms with Gasteiger partial charge in [0.05, 0.1) is 6.61 Å².